The topological polar surface area (TPSA) is 26.3 Å². The molecule has 3 aliphatic rings. The zero-order chi connectivity index (χ0) is 11.3. The molecule has 2 saturated heterocycles. The number of esters is 1. The number of cyclic esters (lactones) is 1. The molecule has 2 heterocycles. The van der Waals surface area contributed by atoms with Crippen molar-refractivity contribution in [1.29, 1.82) is 0 Å². The number of ether oxygens (including phenoxy) is 1. The van der Waals surface area contributed by atoms with Crippen molar-refractivity contribution in [3.63, 3.8) is 0 Å². The number of hydrogen-bond acceptors (Lipinski definition) is 4. The van der Waals surface area contributed by atoms with Crippen LogP contribution in [0.4, 0.5) is 0 Å². The Bertz CT molecular complexity index is 312. The number of fused-ring (bicyclic) bond motifs is 1. The van der Waals surface area contributed by atoms with E-state index in [1.165, 1.54) is 24.3 Å². The van der Waals surface area contributed by atoms with Gasteiger partial charge < -0.3 is 4.74 Å². The van der Waals surface area contributed by atoms with Gasteiger partial charge in [-0.1, -0.05) is 6.92 Å². The average molecular weight is 258 g/mol. The lowest BCUT2D eigenvalue weighted by Gasteiger charge is -2.37. The van der Waals surface area contributed by atoms with Gasteiger partial charge in [0.05, 0.1) is 10.00 Å². The molecule has 1 unspecified atom stereocenters. The summed E-state index contributed by atoms with van der Waals surface area (Å²) in [6.07, 6.45) is 2.66. The normalized spacial score (nSPS) is 45.0. The summed E-state index contributed by atoms with van der Waals surface area (Å²) in [5.41, 5.74) is 0. The van der Waals surface area contributed by atoms with Gasteiger partial charge in [0.1, 0.15) is 6.10 Å². The van der Waals surface area contributed by atoms with E-state index in [9.17, 15) is 4.79 Å². The van der Waals surface area contributed by atoms with Crippen LogP contribution in [0.25, 0.3) is 0 Å². The minimum Gasteiger partial charge on any atom is -0.462 e. The Labute approximate surface area is 105 Å². The van der Waals surface area contributed by atoms with E-state index < -0.39 is 0 Å². The van der Waals surface area contributed by atoms with Crippen molar-refractivity contribution < 1.29 is 9.53 Å². The Morgan fingerprint density at radius 2 is 2.12 bits per heavy atom. The summed E-state index contributed by atoms with van der Waals surface area (Å²) in [4.78, 5) is 11.7. The van der Waals surface area contributed by atoms with Gasteiger partial charge in [0, 0.05) is 11.8 Å². The molecule has 0 bridgehead atoms. The molecule has 16 heavy (non-hydrogen) atoms. The van der Waals surface area contributed by atoms with Gasteiger partial charge >= 0.3 is 5.97 Å². The zero-order valence-electron chi connectivity index (χ0n) is 9.77. The number of thioether (sulfide) groups is 2. The van der Waals surface area contributed by atoms with E-state index in [-0.39, 0.29) is 18.0 Å². The maximum Gasteiger partial charge on any atom is 0.310 e. The molecule has 3 rings (SSSR count). The second-order valence-electron chi connectivity index (χ2n) is 4.99. The maximum absolute atomic E-state index is 11.7. The van der Waals surface area contributed by atoms with Crippen LogP contribution >= 0.6 is 23.5 Å². The van der Waals surface area contributed by atoms with Crippen LogP contribution in [0, 0.1) is 17.8 Å². The van der Waals surface area contributed by atoms with Gasteiger partial charge in [-0.3, -0.25) is 4.79 Å². The van der Waals surface area contributed by atoms with Gasteiger partial charge in [-0.05, 0) is 31.3 Å². The summed E-state index contributed by atoms with van der Waals surface area (Å²) in [7, 11) is 0. The first-order valence-corrected chi connectivity index (χ1v) is 8.15. The summed E-state index contributed by atoms with van der Waals surface area (Å²) < 4.78 is 5.60. The van der Waals surface area contributed by atoms with E-state index in [4.69, 9.17) is 4.74 Å². The molecule has 4 heteroatoms. The Morgan fingerprint density at radius 3 is 2.62 bits per heavy atom. The van der Waals surface area contributed by atoms with E-state index in [0.717, 1.165) is 0 Å². The molecule has 0 aromatic heterocycles. The monoisotopic (exact) mass is 258 g/mol. The van der Waals surface area contributed by atoms with Gasteiger partial charge in [0.2, 0.25) is 0 Å². The predicted octanol–water partition coefficient (Wildman–Crippen LogP) is 2.77. The van der Waals surface area contributed by atoms with Crippen molar-refractivity contribution in [1.82, 2.24) is 0 Å². The van der Waals surface area contributed by atoms with Gasteiger partial charge in [-0.25, -0.2) is 0 Å². The third kappa shape index (κ3) is 1.45. The van der Waals surface area contributed by atoms with Crippen molar-refractivity contribution in [2.45, 2.75) is 36.9 Å². The molecule has 1 aliphatic carbocycles. The van der Waals surface area contributed by atoms with Crippen molar-refractivity contribution in [3.05, 3.63) is 0 Å². The Hall–Kier alpha value is 0.170. The lowest BCUT2D eigenvalue weighted by Crippen LogP contribution is -2.32. The van der Waals surface area contributed by atoms with E-state index in [1.54, 1.807) is 0 Å². The first-order chi connectivity index (χ1) is 7.69. The summed E-state index contributed by atoms with van der Waals surface area (Å²) in [5, 5.41) is 0. The minimum absolute atomic E-state index is 0.0714. The average Bonchev–Trinajstić information content (AvgIpc) is 2.99. The fraction of sp³-hybridized carbons (Fsp3) is 0.917. The van der Waals surface area contributed by atoms with Crippen LogP contribution in [0.5, 0.6) is 0 Å². The highest BCUT2D eigenvalue weighted by Gasteiger charge is 2.70. The maximum atomic E-state index is 11.7. The van der Waals surface area contributed by atoms with E-state index in [1.807, 2.05) is 0 Å². The molecule has 2 nitrogen and oxygen atoms in total. The molecule has 0 aromatic rings. The van der Waals surface area contributed by atoms with Crippen LogP contribution in [0.15, 0.2) is 0 Å². The minimum atomic E-state index is 0.0714. The second kappa shape index (κ2) is 3.84. The Morgan fingerprint density at radius 1 is 1.44 bits per heavy atom. The molecule has 1 saturated carbocycles. The number of carbonyl (C=O) groups is 1. The second-order valence-corrected chi connectivity index (χ2v) is 8.10. The van der Waals surface area contributed by atoms with Crippen molar-refractivity contribution in [2.24, 2.45) is 17.8 Å². The van der Waals surface area contributed by atoms with Gasteiger partial charge in [-0.15, -0.1) is 23.5 Å². The van der Waals surface area contributed by atoms with Gasteiger partial charge in [0.15, 0.2) is 0 Å². The molecule has 4 atom stereocenters. The molecular weight excluding hydrogens is 240 g/mol. The highest BCUT2D eigenvalue weighted by molar-refractivity contribution is 8.18. The van der Waals surface area contributed by atoms with Crippen LogP contribution in [0.1, 0.15) is 26.7 Å². The first kappa shape index (κ1) is 11.3. The Balaban J connectivity index is 1.80. The van der Waals surface area contributed by atoms with E-state index >= 15 is 0 Å². The van der Waals surface area contributed by atoms with Crippen LogP contribution < -0.4 is 0 Å². The highest BCUT2D eigenvalue weighted by atomic mass is 32.2. The first-order valence-electron chi connectivity index (χ1n) is 6.18. The van der Waals surface area contributed by atoms with Gasteiger partial charge in [0.25, 0.3) is 0 Å². The van der Waals surface area contributed by atoms with E-state index in [0.29, 0.717) is 15.9 Å². The molecule has 0 spiro atoms. The Kier molecular flexibility index (Phi) is 2.70. The summed E-state index contributed by atoms with van der Waals surface area (Å²) in [6.45, 7) is 4.33. The predicted molar refractivity (Wildman–Crippen MR) is 68.6 cm³/mol. The third-order valence-corrected chi connectivity index (χ3v) is 7.97. The van der Waals surface area contributed by atoms with Crippen molar-refractivity contribution in [2.75, 3.05) is 11.5 Å². The van der Waals surface area contributed by atoms with Crippen LogP contribution in [-0.4, -0.2) is 27.7 Å². The lowest BCUT2D eigenvalue weighted by atomic mass is 10.1. The molecule has 90 valence electrons. The molecule has 0 N–H and O–H groups in total. The quantitative estimate of drug-likeness (QED) is 0.712. The molecule has 0 radical (unpaired) electrons. The fourth-order valence-corrected chi connectivity index (χ4v) is 7.04. The standard InChI is InChI=1S/C12H18O2S2/c1-3-12(15-5-4-6-16-12)10-8-7(2)14-11(13)9(8)10/h7-10H,3-6H2,1-2H3/t7?,8-,9+,10+/m1/s1. The number of carbonyl (C=O) groups excluding carboxylic acids is 1. The van der Waals surface area contributed by atoms with Crippen LogP contribution in [-0.2, 0) is 9.53 Å². The fourth-order valence-electron chi connectivity index (χ4n) is 3.35. The molecule has 3 fully saturated rings. The summed E-state index contributed by atoms with van der Waals surface area (Å²) >= 11 is 4.19. The third-order valence-electron chi connectivity index (χ3n) is 4.17. The number of hydrogen-bond donors (Lipinski definition) is 0. The zero-order valence-corrected chi connectivity index (χ0v) is 11.4. The van der Waals surface area contributed by atoms with Crippen LogP contribution in [0.2, 0.25) is 0 Å². The van der Waals surface area contributed by atoms with Crippen molar-refractivity contribution in [3.8, 4) is 0 Å². The summed E-state index contributed by atoms with van der Waals surface area (Å²) in [6, 6.07) is 0. The van der Waals surface area contributed by atoms with Gasteiger partial charge in [-0.2, -0.15) is 0 Å². The highest BCUT2D eigenvalue weighted by Crippen LogP contribution is 2.68. The number of rotatable bonds is 2. The van der Waals surface area contributed by atoms with Crippen LogP contribution in [0.3, 0.4) is 0 Å². The largest absolute Gasteiger partial charge is 0.462 e. The smallest absolute Gasteiger partial charge is 0.310 e. The SMILES string of the molecule is CCC1([C@@H]2[C@H]3C(=O)OC(C)[C@H]32)SCCCS1. The lowest BCUT2D eigenvalue weighted by molar-refractivity contribution is -0.145. The molecule has 2 aliphatic heterocycles. The molecule has 0 amide bonds. The van der Waals surface area contributed by atoms with E-state index in [2.05, 4.69) is 37.4 Å². The van der Waals surface area contributed by atoms with Crippen molar-refractivity contribution >= 4 is 29.5 Å². The summed E-state index contributed by atoms with van der Waals surface area (Å²) in [5.74, 6) is 3.94. The molecule has 0 aromatic carbocycles. The molecular formula is C12H18O2S2.